The Bertz CT molecular complexity index is 253. The Hall–Kier alpha value is -0.710. The molecule has 12 heavy (non-hydrogen) atoms. The summed E-state index contributed by atoms with van der Waals surface area (Å²) in [5.41, 5.74) is 0. The van der Waals surface area contributed by atoms with Crippen LogP contribution in [0.15, 0.2) is 5.16 Å². The summed E-state index contributed by atoms with van der Waals surface area (Å²) in [6.07, 6.45) is 2.22. The number of hydrogen-bond donors (Lipinski definition) is 1. The summed E-state index contributed by atoms with van der Waals surface area (Å²) < 4.78 is 19.9. The highest BCUT2D eigenvalue weighted by molar-refractivity contribution is 8.00. The molecule has 0 heterocycles. The van der Waals surface area contributed by atoms with E-state index in [0.717, 1.165) is 0 Å². The summed E-state index contributed by atoms with van der Waals surface area (Å²) in [6, 6.07) is 0. The van der Waals surface area contributed by atoms with Gasteiger partial charge in [0.2, 0.25) is 0 Å². The van der Waals surface area contributed by atoms with E-state index in [0.29, 0.717) is 0 Å². The van der Waals surface area contributed by atoms with E-state index in [2.05, 4.69) is 9.99 Å². The Morgan fingerprint density at radius 3 is 3.00 bits per heavy atom. The van der Waals surface area contributed by atoms with Crippen LogP contribution < -0.4 is 5.32 Å². The molecule has 0 aromatic heterocycles. The van der Waals surface area contributed by atoms with Crippen molar-refractivity contribution in [1.29, 1.82) is 0 Å². The number of rotatable bonds is 3. The summed E-state index contributed by atoms with van der Waals surface area (Å²) in [7, 11) is 0. The molecule has 0 unspecified atom stereocenters. The number of nitrogens with zero attached hydrogens (tertiary/aromatic N) is 1. The molecule has 0 aromatic carbocycles. The van der Waals surface area contributed by atoms with Crippen molar-refractivity contribution < 1.29 is 13.7 Å². The van der Waals surface area contributed by atoms with Crippen LogP contribution in [0.2, 0.25) is 0 Å². The predicted octanol–water partition coefficient (Wildman–Crippen LogP) is 1.47. The number of nitrogens with one attached hydrogen (secondary N) is 1. The molecule has 0 aliphatic carbocycles. The highest BCUT2D eigenvalue weighted by atomic mass is 32.2. The monoisotopic (exact) mass is 193 g/mol. The molecule has 0 aliphatic heterocycles. The lowest BCUT2D eigenvalue weighted by molar-refractivity contribution is 0.153. The van der Waals surface area contributed by atoms with Crippen molar-refractivity contribution in [3.63, 3.8) is 0 Å². The van der Waals surface area contributed by atoms with Crippen LogP contribution in [0.5, 0.6) is 0 Å². The lowest BCUT2D eigenvalue weighted by Gasteiger charge is -2.13. The van der Waals surface area contributed by atoms with Crippen molar-refractivity contribution in [1.82, 2.24) is 5.32 Å². The Labute approximate surface area is 80.9 Å². The van der Waals surface area contributed by atoms with Crippen LogP contribution in [-0.4, -0.2) is 30.3 Å². The molecule has 0 saturated heterocycles. The topological polar surface area (TPSA) is 50.7 Å². The van der Waals surface area contributed by atoms with Gasteiger partial charge in [0.25, 0.3) is 0 Å². The van der Waals surface area contributed by atoms with E-state index in [1.165, 1.54) is 18.0 Å². The molecule has 5 heteroatoms. The molecule has 4 nitrogen and oxygen atoms in total. The maximum Gasteiger partial charge on any atom is 0.433 e. The largest absolute Gasteiger partial charge is 0.433 e. The van der Waals surface area contributed by atoms with Gasteiger partial charge in [0, 0.05) is 15.8 Å². The van der Waals surface area contributed by atoms with Crippen LogP contribution >= 0.6 is 11.8 Å². The van der Waals surface area contributed by atoms with Crippen molar-refractivity contribution in [2.45, 2.75) is 18.6 Å². The molecule has 0 bridgehead atoms. The molecular formula is C7H14N2O2S. The average Bonchev–Trinajstić information content (AvgIpc) is 2.00. The molecule has 0 atom stereocenters. The minimum Gasteiger partial charge on any atom is -0.323 e. The Morgan fingerprint density at radius 1 is 1.83 bits per heavy atom. The van der Waals surface area contributed by atoms with Crippen LogP contribution in [0.4, 0.5) is 4.79 Å². The molecule has 1 N–H and O–H groups in total. The zero-order valence-electron chi connectivity index (χ0n) is 10.2. The lowest BCUT2D eigenvalue weighted by Crippen LogP contribution is -2.19. The quantitative estimate of drug-likeness (QED) is 0.419. The van der Waals surface area contributed by atoms with Crippen LogP contribution in [0.3, 0.4) is 0 Å². The van der Waals surface area contributed by atoms with E-state index in [1.807, 2.05) is 20.1 Å². The second-order valence-electron chi connectivity index (χ2n) is 2.55. The van der Waals surface area contributed by atoms with Crippen LogP contribution in [0, 0.1) is 0 Å². The van der Waals surface area contributed by atoms with Gasteiger partial charge in [0.15, 0.2) is 0 Å². The van der Waals surface area contributed by atoms with Crippen molar-refractivity contribution in [2.75, 3.05) is 13.2 Å². The van der Waals surface area contributed by atoms with Crippen LogP contribution in [0.25, 0.3) is 0 Å². The molecule has 0 aromatic rings. The second kappa shape index (κ2) is 5.03. The van der Waals surface area contributed by atoms with Gasteiger partial charge in [-0.2, -0.15) is 11.8 Å². The normalized spacial score (nSPS) is 16.4. The summed E-state index contributed by atoms with van der Waals surface area (Å²) in [4.78, 5) is 15.1. The van der Waals surface area contributed by atoms with Gasteiger partial charge in [0.1, 0.15) is 0 Å². The number of thioether (sulfide) groups is 1. The first-order valence-electron chi connectivity index (χ1n) is 4.75. The van der Waals surface area contributed by atoms with Crippen LogP contribution in [0.1, 0.15) is 18.0 Å². The lowest BCUT2D eigenvalue weighted by atomic mass is 10.2. The van der Waals surface area contributed by atoms with Gasteiger partial charge in [-0.3, -0.25) is 4.84 Å². The fourth-order valence-electron chi connectivity index (χ4n) is 0.277. The molecular weight excluding hydrogens is 176 g/mol. The Balaban J connectivity index is 4.02. The zero-order valence-corrected chi connectivity index (χ0v) is 8.07. The molecule has 0 radical (unpaired) electrons. The van der Waals surface area contributed by atoms with Gasteiger partial charge < -0.3 is 5.32 Å². The first-order valence-corrected chi connectivity index (χ1v) is 4.47. The Kier molecular flexibility index (Phi) is 2.84. The smallest absolute Gasteiger partial charge is 0.323 e. The number of hydrogen-bond acceptors (Lipinski definition) is 4. The third kappa shape index (κ3) is 5.01. The summed E-state index contributed by atoms with van der Waals surface area (Å²) in [5, 5.41) is 5.03. The van der Waals surface area contributed by atoms with Gasteiger partial charge in [-0.05, 0) is 20.1 Å². The summed E-state index contributed by atoms with van der Waals surface area (Å²) in [6.45, 7) is 1.21. The maximum absolute atomic E-state index is 10.8. The van der Waals surface area contributed by atoms with E-state index in [4.69, 9.17) is 4.11 Å². The van der Waals surface area contributed by atoms with Gasteiger partial charge in [-0.1, -0.05) is 5.16 Å². The number of carbonyl (C=O) groups excluding carboxylic acids is 1. The zero-order chi connectivity index (χ0) is 12.1. The molecule has 0 aliphatic rings. The Morgan fingerprint density at radius 2 is 2.50 bits per heavy atom. The minimum atomic E-state index is -2.55. The molecule has 0 spiro atoms. The van der Waals surface area contributed by atoms with E-state index in [-0.39, 0.29) is 4.75 Å². The van der Waals surface area contributed by atoms with Gasteiger partial charge in [0.05, 0.1) is 6.21 Å². The summed E-state index contributed by atoms with van der Waals surface area (Å²) >= 11 is 1.52. The first kappa shape index (κ1) is 6.77. The molecule has 70 valence electrons. The van der Waals surface area contributed by atoms with E-state index in [9.17, 15) is 4.79 Å². The van der Waals surface area contributed by atoms with Crippen molar-refractivity contribution in [3.8, 4) is 0 Å². The van der Waals surface area contributed by atoms with E-state index < -0.39 is 13.1 Å². The minimum absolute atomic E-state index is 0.264. The molecule has 0 rings (SSSR count). The number of oxime groups is 1. The fraction of sp³-hybridized carbons (Fsp3) is 0.714. The molecule has 1 amide bonds. The number of carbonyl (C=O) groups is 1. The highest BCUT2D eigenvalue weighted by Crippen LogP contribution is 2.17. The third-order valence-electron chi connectivity index (χ3n) is 1.13. The fourth-order valence-corrected chi connectivity index (χ4v) is 0.425. The molecule has 0 fully saturated rings. The number of amides is 1. The van der Waals surface area contributed by atoms with Crippen LogP contribution in [-0.2, 0) is 4.84 Å². The average molecular weight is 193 g/mol. The van der Waals surface area contributed by atoms with Gasteiger partial charge in [-0.15, -0.1) is 0 Å². The van der Waals surface area contributed by atoms with Crippen molar-refractivity contribution in [3.05, 3.63) is 0 Å². The second-order valence-corrected chi connectivity index (χ2v) is 4.01. The SMILES string of the molecule is [2H]C([2H])([2H])NC(=O)ON=CC(C)(C)SC. The highest BCUT2D eigenvalue weighted by Gasteiger charge is 2.12. The standard InChI is InChI=1S/C7H14N2O2S/c1-7(2,12-4)5-9-11-6(10)8-3/h5H,1-4H3,(H,8,10)/i3D3. The van der Waals surface area contributed by atoms with Crippen molar-refractivity contribution >= 4 is 24.1 Å². The molecule has 0 saturated carbocycles. The third-order valence-corrected chi connectivity index (χ3v) is 2.28. The summed E-state index contributed by atoms with van der Waals surface area (Å²) in [5.74, 6) is 0. The van der Waals surface area contributed by atoms with Gasteiger partial charge in [-0.25, -0.2) is 4.79 Å². The predicted molar refractivity (Wildman–Crippen MR) is 51.6 cm³/mol. The maximum atomic E-state index is 10.8. The van der Waals surface area contributed by atoms with Gasteiger partial charge >= 0.3 is 6.09 Å². The van der Waals surface area contributed by atoms with E-state index in [1.54, 1.807) is 5.32 Å². The first-order chi connectivity index (χ1) is 6.66. The van der Waals surface area contributed by atoms with E-state index >= 15 is 0 Å². The van der Waals surface area contributed by atoms with Crippen molar-refractivity contribution in [2.24, 2.45) is 5.16 Å².